The van der Waals surface area contributed by atoms with Crippen molar-refractivity contribution in [1.29, 1.82) is 0 Å². The third kappa shape index (κ3) is 3.59. The molecule has 1 fully saturated rings. The summed E-state index contributed by atoms with van der Waals surface area (Å²) in [5, 5.41) is 11.0. The predicted molar refractivity (Wildman–Crippen MR) is 100 cm³/mol. The molecule has 1 amide bonds. The van der Waals surface area contributed by atoms with Gasteiger partial charge in [-0.15, -0.1) is 5.10 Å². The summed E-state index contributed by atoms with van der Waals surface area (Å²) in [7, 11) is 0. The maximum absolute atomic E-state index is 12.4. The van der Waals surface area contributed by atoms with E-state index in [1.165, 1.54) is 5.69 Å². The van der Waals surface area contributed by atoms with Crippen LogP contribution in [0.4, 0.5) is 5.69 Å². The molecule has 1 aliphatic rings. The lowest BCUT2D eigenvalue weighted by Gasteiger charge is -2.18. The number of hydrogen-bond acceptors (Lipinski definition) is 4. The highest BCUT2D eigenvalue weighted by Crippen LogP contribution is 2.23. The first-order chi connectivity index (χ1) is 12.8. The number of carbonyl (C=O) groups is 1. The van der Waals surface area contributed by atoms with E-state index >= 15 is 0 Å². The van der Waals surface area contributed by atoms with Gasteiger partial charge in [-0.3, -0.25) is 4.79 Å². The van der Waals surface area contributed by atoms with Crippen molar-refractivity contribution in [2.45, 2.75) is 6.42 Å². The molecule has 0 radical (unpaired) electrons. The summed E-state index contributed by atoms with van der Waals surface area (Å²) < 4.78 is 1.61. The monoisotopic (exact) mass is 347 g/mol. The van der Waals surface area contributed by atoms with Crippen LogP contribution in [-0.4, -0.2) is 40.5 Å². The van der Waals surface area contributed by atoms with Crippen LogP contribution in [0.2, 0.25) is 0 Å². The van der Waals surface area contributed by atoms with Crippen molar-refractivity contribution in [3.05, 3.63) is 72.6 Å². The molecule has 1 aromatic heterocycles. The van der Waals surface area contributed by atoms with Crippen LogP contribution in [0.1, 0.15) is 16.9 Å². The third-order valence-corrected chi connectivity index (χ3v) is 4.71. The van der Waals surface area contributed by atoms with E-state index in [1.807, 2.05) is 36.4 Å². The summed E-state index contributed by atoms with van der Waals surface area (Å²) >= 11 is 0. The molecule has 0 spiro atoms. The number of nitrogens with zero attached hydrogens (tertiary/aromatic N) is 4. The maximum Gasteiger partial charge on any atom is 0.273 e. The van der Waals surface area contributed by atoms with Crippen molar-refractivity contribution < 1.29 is 4.79 Å². The van der Waals surface area contributed by atoms with E-state index in [2.05, 4.69) is 44.8 Å². The molecular formula is C20H21N5O. The summed E-state index contributed by atoms with van der Waals surface area (Å²) in [4.78, 5) is 14.7. The fourth-order valence-corrected chi connectivity index (χ4v) is 3.27. The van der Waals surface area contributed by atoms with Crippen molar-refractivity contribution in [3.8, 4) is 5.69 Å². The Morgan fingerprint density at radius 3 is 2.46 bits per heavy atom. The summed E-state index contributed by atoms with van der Waals surface area (Å²) in [5.74, 6) is 0.272. The van der Waals surface area contributed by atoms with Gasteiger partial charge in [0.15, 0.2) is 5.69 Å². The normalized spacial score (nSPS) is 16.6. The van der Waals surface area contributed by atoms with Gasteiger partial charge in [0.1, 0.15) is 0 Å². The molecule has 26 heavy (non-hydrogen) atoms. The number of rotatable bonds is 5. The van der Waals surface area contributed by atoms with Crippen molar-refractivity contribution in [3.63, 3.8) is 0 Å². The van der Waals surface area contributed by atoms with E-state index in [0.717, 1.165) is 25.2 Å². The quantitative estimate of drug-likeness (QED) is 0.770. The minimum Gasteiger partial charge on any atom is -0.371 e. The van der Waals surface area contributed by atoms with Crippen LogP contribution in [0.5, 0.6) is 0 Å². The summed E-state index contributed by atoms with van der Waals surface area (Å²) in [6.07, 6.45) is 2.74. The molecule has 132 valence electrons. The molecule has 6 nitrogen and oxygen atoms in total. The lowest BCUT2D eigenvalue weighted by molar-refractivity contribution is 0.0943. The number of nitrogens with one attached hydrogen (secondary N) is 1. The van der Waals surface area contributed by atoms with Gasteiger partial charge in [0, 0.05) is 25.3 Å². The molecule has 1 aliphatic heterocycles. The van der Waals surface area contributed by atoms with Gasteiger partial charge >= 0.3 is 0 Å². The minimum absolute atomic E-state index is 0.176. The number of para-hydroxylation sites is 2. The van der Waals surface area contributed by atoms with E-state index in [4.69, 9.17) is 0 Å². The van der Waals surface area contributed by atoms with Crippen molar-refractivity contribution in [2.24, 2.45) is 5.92 Å². The van der Waals surface area contributed by atoms with E-state index in [9.17, 15) is 4.79 Å². The number of carbonyl (C=O) groups excluding carboxylic acids is 1. The van der Waals surface area contributed by atoms with Gasteiger partial charge in [0.25, 0.3) is 5.91 Å². The molecule has 6 heteroatoms. The smallest absolute Gasteiger partial charge is 0.273 e. The predicted octanol–water partition coefficient (Wildman–Crippen LogP) is 2.52. The number of aromatic nitrogens is 3. The fourth-order valence-electron chi connectivity index (χ4n) is 3.27. The largest absolute Gasteiger partial charge is 0.371 e. The molecule has 1 saturated heterocycles. The third-order valence-electron chi connectivity index (χ3n) is 4.71. The van der Waals surface area contributed by atoms with Gasteiger partial charge in [-0.05, 0) is 36.6 Å². The second kappa shape index (κ2) is 7.39. The van der Waals surface area contributed by atoms with E-state index in [-0.39, 0.29) is 5.91 Å². The summed E-state index contributed by atoms with van der Waals surface area (Å²) in [5.41, 5.74) is 2.47. The van der Waals surface area contributed by atoms with Crippen LogP contribution < -0.4 is 10.2 Å². The Bertz CT molecular complexity index is 862. The molecule has 0 aliphatic carbocycles. The Hall–Kier alpha value is -3.15. The topological polar surface area (TPSA) is 63.1 Å². The van der Waals surface area contributed by atoms with Crippen LogP contribution in [0, 0.1) is 5.92 Å². The van der Waals surface area contributed by atoms with Crippen LogP contribution in [0.15, 0.2) is 66.9 Å². The molecule has 1 N–H and O–H groups in total. The Balaban J connectivity index is 1.32. The van der Waals surface area contributed by atoms with Crippen molar-refractivity contribution in [2.75, 3.05) is 24.5 Å². The highest BCUT2D eigenvalue weighted by Gasteiger charge is 2.23. The first kappa shape index (κ1) is 16.3. The summed E-state index contributed by atoms with van der Waals surface area (Å²) in [6, 6.07) is 20.0. The van der Waals surface area contributed by atoms with Gasteiger partial charge in [-0.25, -0.2) is 4.68 Å². The van der Waals surface area contributed by atoms with Crippen LogP contribution in [-0.2, 0) is 0 Å². The fraction of sp³-hybridized carbons (Fsp3) is 0.250. The molecule has 3 aromatic rings. The zero-order chi connectivity index (χ0) is 17.8. The number of hydrogen-bond donors (Lipinski definition) is 1. The van der Waals surface area contributed by atoms with Crippen LogP contribution >= 0.6 is 0 Å². The molecule has 1 atom stereocenters. The van der Waals surface area contributed by atoms with Crippen LogP contribution in [0.25, 0.3) is 5.69 Å². The zero-order valence-corrected chi connectivity index (χ0v) is 14.5. The number of amides is 1. The molecule has 2 aromatic carbocycles. The second-order valence-corrected chi connectivity index (χ2v) is 6.53. The average Bonchev–Trinajstić information content (AvgIpc) is 3.37. The van der Waals surface area contributed by atoms with Gasteiger partial charge in [0.2, 0.25) is 0 Å². The average molecular weight is 347 g/mol. The van der Waals surface area contributed by atoms with Gasteiger partial charge in [0.05, 0.1) is 11.9 Å². The lowest BCUT2D eigenvalue weighted by atomic mass is 10.1. The van der Waals surface area contributed by atoms with Gasteiger partial charge in [-0.2, -0.15) is 0 Å². The maximum atomic E-state index is 12.4. The van der Waals surface area contributed by atoms with Gasteiger partial charge in [-0.1, -0.05) is 41.6 Å². The Morgan fingerprint density at radius 1 is 1.04 bits per heavy atom. The van der Waals surface area contributed by atoms with E-state index < -0.39 is 0 Å². The van der Waals surface area contributed by atoms with Crippen molar-refractivity contribution in [1.82, 2.24) is 20.3 Å². The molecular weight excluding hydrogens is 326 g/mol. The first-order valence-corrected chi connectivity index (χ1v) is 8.85. The standard InChI is InChI=1S/C20H21N5O/c26-20(19-15-25(23-22-19)18-9-5-2-6-10-18)21-13-16-11-12-24(14-16)17-7-3-1-4-8-17/h1-10,15-16H,11-14H2,(H,21,26). The number of anilines is 1. The zero-order valence-electron chi connectivity index (χ0n) is 14.5. The molecule has 0 saturated carbocycles. The minimum atomic E-state index is -0.176. The SMILES string of the molecule is O=C(NCC1CCN(c2ccccc2)C1)c1cn(-c2ccccc2)nn1. The van der Waals surface area contributed by atoms with E-state index in [0.29, 0.717) is 18.2 Å². The van der Waals surface area contributed by atoms with Crippen LogP contribution in [0.3, 0.4) is 0 Å². The Kier molecular flexibility index (Phi) is 4.64. The van der Waals surface area contributed by atoms with Crippen molar-refractivity contribution >= 4 is 11.6 Å². The molecule has 0 bridgehead atoms. The van der Waals surface area contributed by atoms with E-state index in [1.54, 1.807) is 10.9 Å². The first-order valence-electron chi connectivity index (χ1n) is 8.85. The molecule has 4 rings (SSSR count). The lowest BCUT2D eigenvalue weighted by Crippen LogP contribution is -2.31. The second-order valence-electron chi connectivity index (χ2n) is 6.53. The molecule has 1 unspecified atom stereocenters. The number of benzene rings is 2. The Morgan fingerprint density at radius 2 is 1.73 bits per heavy atom. The molecule has 2 heterocycles. The van der Waals surface area contributed by atoms with Gasteiger partial charge < -0.3 is 10.2 Å². The highest BCUT2D eigenvalue weighted by molar-refractivity contribution is 5.91. The highest BCUT2D eigenvalue weighted by atomic mass is 16.2. The summed E-state index contributed by atoms with van der Waals surface area (Å²) in [6.45, 7) is 2.64. The Labute approximate surface area is 152 Å².